The first-order chi connectivity index (χ1) is 11.6. The Bertz CT molecular complexity index is 828. The lowest BCUT2D eigenvalue weighted by molar-refractivity contribution is -0.118. The van der Waals surface area contributed by atoms with E-state index in [1.54, 1.807) is 18.2 Å². The van der Waals surface area contributed by atoms with Crippen molar-refractivity contribution in [2.24, 2.45) is 0 Å². The van der Waals surface area contributed by atoms with Gasteiger partial charge in [-0.2, -0.15) is 0 Å². The van der Waals surface area contributed by atoms with Gasteiger partial charge in [-0.05, 0) is 42.2 Å². The highest BCUT2D eigenvalue weighted by atomic mass is 16.5. The molecule has 0 saturated carbocycles. The molecule has 0 aliphatic carbocycles. The van der Waals surface area contributed by atoms with Crippen molar-refractivity contribution in [2.45, 2.75) is 20.4 Å². The molecule has 120 valence electrons. The average molecular weight is 321 g/mol. The third kappa shape index (κ3) is 3.42. The van der Waals surface area contributed by atoms with E-state index in [-0.39, 0.29) is 19.3 Å². The first kappa shape index (κ1) is 16.1. The van der Waals surface area contributed by atoms with Gasteiger partial charge in [0.2, 0.25) is 5.69 Å². The number of rotatable bonds is 5. The lowest BCUT2D eigenvalue weighted by Crippen LogP contribution is -2.23. The molecule has 1 aliphatic rings. The Kier molecular flexibility index (Phi) is 4.54. The smallest absolute Gasteiger partial charge is 0.324 e. The zero-order chi connectivity index (χ0) is 17.1. The Morgan fingerprint density at radius 3 is 2.79 bits per heavy atom. The van der Waals surface area contributed by atoms with Crippen molar-refractivity contribution < 1.29 is 18.9 Å². The number of ketones is 1. The molecule has 0 radical (unpaired) electrons. The zero-order valence-electron chi connectivity index (χ0n) is 13.5. The molecule has 1 heterocycles. The van der Waals surface area contributed by atoms with Crippen LogP contribution in [0.5, 0.6) is 17.2 Å². The summed E-state index contributed by atoms with van der Waals surface area (Å²) in [5.74, 6) is 1.48. The van der Waals surface area contributed by atoms with Crippen molar-refractivity contribution in [1.29, 1.82) is 0 Å². The van der Waals surface area contributed by atoms with E-state index in [0.29, 0.717) is 29.5 Å². The summed E-state index contributed by atoms with van der Waals surface area (Å²) in [5, 5.41) is 0. The van der Waals surface area contributed by atoms with Gasteiger partial charge in [-0.1, -0.05) is 12.9 Å². The second-order valence-electron chi connectivity index (χ2n) is 5.65. The number of hydrogen-bond acceptors (Lipinski definition) is 4. The highest BCUT2D eigenvalue weighted by molar-refractivity contribution is 6.67. The summed E-state index contributed by atoms with van der Waals surface area (Å²) in [6.07, 6.45) is 0. The molecule has 0 spiro atoms. The number of benzene rings is 2. The SMILES string of the molecule is [C-]#[N+]c1ccc(Oc2ccc3c(c2)COB3C)cc1OCC(C)=O. The van der Waals surface area contributed by atoms with E-state index in [1.165, 1.54) is 12.4 Å². The fraction of sp³-hybridized carbons (Fsp3) is 0.222. The molecular weight excluding hydrogens is 305 g/mol. The monoisotopic (exact) mass is 321 g/mol. The van der Waals surface area contributed by atoms with E-state index in [9.17, 15) is 4.79 Å². The minimum atomic E-state index is -0.106. The van der Waals surface area contributed by atoms with Crippen LogP contribution in [-0.2, 0) is 16.1 Å². The molecule has 0 atom stereocenters. The Labute approximate surface area is 141 Å². The van der Waals surface area contributed by atoms with E-state index < -0.39 is 0 Å². The van der Waals surface area contributed by atoms with Gasteiger partial charge >= 0.3 is 6.92 Å². The fourth-order valence-corrected chi connectivity index (χ4v) is 2.55. The van der Waals surface area contributed by atoms with Crippen LogP contribution in [0.25, 0.3) is 4.85 Å². The van der Waals surface area contributed by atoms with Gasteiger partial charge in [0.1, 0.15) is 23.9 Å². The largest absolute Gasteiger partial charge is 0.497 e. The van der Waals surface area contributed by atoms with Gasteiger partial charge in [-0.15, -0.1) is 0 Å². The number of ether oxygens (including phenoxy) is 2. The maximum atomic E-state index is 11.1. The highest BCUT2D eigenvalue weighted by Crippen LogP contribution is 2.34. The van der Waals surface area contributed by atoms with Gasteiger partial charge in [0, 0.05) is 6.07 Å². The number of fused-ring (bicyclic) bond motifs is 1. The van der Waals surface area contributed by atoms with E-state index in [1.807, 2.05) is 25.0 Å². The van der Waals surface area contributed by atoms with Crippen LogP contribution in [0.3, 0.4) is 0 Å². The lowest BCUT2D eigenvalue weighted by Gasteiger charge is -2.11. The van der Waals surface area contributed by atoms with Crippen LogP contribution < -0.4 is 14.9 Å². The van der Waals surface area contributed by atoms with Crippen LogP contribution in [0.4, 0.5) is 5.69 Å². The van der Waals surface area contributed by atoms with Crippen molar-refractivity contribution in [3.05, 3.63) is 53.4 Å². The molecule has 0 amide bonds. The molecule has 1 aliphatic heterocycles. The Balaban J connectivity index is 1.81. The summed E-state index contributed by atoms with van der Waals surface area (Å²) in [4.78, 5) is 14.5. The molecule has 2 aromatic carbocycles. The Morgan fingerprint density at radius 1 is 1.29 bits per heavy atom. The zero-order valence-corrected chi connectivity index (χ0v) is 13.5. The Hall–Kier alpha value is -2.78. The van der Waals surface area contributed by atoms with Gasteiger partial charge in [-0.25, -0.2) is 4.85 Å². The number of nitrogens with zero attached hydrogens (tertiary/aromatic N) is 1. The van der Waals surface area contributed by atoms with Crippen LogP contribution >= 0.6 is 0 Å². The lowest BCUT2D eigenvalue weighted by atomic mass is 9.64. The topological polar surface area (TPSA) is 49.1 Å². The van der Waals surface area contributed by atoms with Crippen LogP contribution in [-0.4, -0.2) is 19.3 Å². The Morgan fingerprint density at radius 2 is 2.04 bits per heavy atom. The van der Waals surface area contributed by atoms with E-state index in [0.717, 1.165) is 5.56 Å². The second kappa shape index (κ2) is 6.77. The molecule has 0 bridgehead atoms. The maximum Gasteiger partial charge on any atom is 0.324 e. The predicted octanol–water partition coefficient (Wildman–Crippen LogP) is 3.36. The summed E-state index contributed by atoms with van der Waals surface area (Å²) in [5.41, 5.74) is 2.64. The minimum Gasteiger partial charge on any atom is -0.497 e. The van der Waals surface area contributed by atoms with Gasteiger partial charge < -0.3 is 14.1 Å². The second-order valence-corrected chi connectivity index (χ2v) is 5.65. The quantitative estimate of drug-likeness (QED) is 0.626. The van der Waals surface area contributed by atoms with Gasteiger partial charge in [0.25, 0.3) is 0 Å². The molecular formula is C18H16BNO4. The molecule has 0 unspecified atom stereocenters. The van der Waals surface area contributed by atoms with Gasteiger partial charge in [0.15, 0.2) is 5.78 Å². The fourth-order valence-electron chi connectivity index (χ4n) is 2.55. The molecule has 0 fully saturated rings. The molecule has 2 aromatic rings. The van der Waals surface area contributed by atoms with Gasteiger partial charge in [-0.3, -0.25) is 4.79 Å². The van der Waals surface area contributed by atoms with Crippen molar-refractivity contribution in [3.63, 3.8) is 0 Å². The van der Waals surface area contributed by atoms with E-state index in [4.69, 9.17) is 20.7 Å². The van der Waals surface area contributed by atoms with Crippen molar-refractivity contribution in [2.75, 3.05) is 6.61 Å². The predicted molar refractivity (Wildman–Crippen MR) is 91.4 cm³/mol. The van der Waals surface area contributed by atoms with E-state index >= 15 is 0 Å². The van der Waals surface area contributed by atoms with Crippen LogP contribution in [0, 0.1) is 6.57 Å². The molecule has 24 heavy (non-hydrogen) atoms. The third-order valence-electron chi connectivity index (χ3n) is 3.76. The van der Waals surface area contributed by atoms with Crippen molar-refractivity contribution >= 4 is 23.8 Å². The minimum absolute atomic E-state index is 0.0694. The first-order valence-electron chi connectivity index (χ1n) is 7.63. The first-order valence-corrected chi connectivity index (χ1v) is 7.63. The van der Waals surface area contributed by atoms with Crippen LogP contribution in [0.2, 0.25) is 6.82 Å². The molecule has 3 rings (SSSR count). The average Bonchev–Trinajstić information content (AvgIpc) is 2.94. The maximum absolute atomic E-state index is 11.1. The highest BCUT2D eigenvalue weighted by Gasteiger charge is 2.23. The van der Waals surface area contributed by atoms with Gasteiger partial charge in [0.05, 0.1) is 13.2 Å². The number of carbonyl (C=O) groups excluding carboxylic acids is 1. The molecule has 6 heteroatoms. The standard InChI is InChI=1S/C18H16BNO4/c1-12(21)10-22-18-9-15(5-7-17(18)20-3)24-14-4-6-16-13(8-14)11-23-19(16)2/h4-9H,10-11H2,1-2H3. The number of carbonyl (C=O) groups is 1. The molecule has 0 aromatic heterocycles. The normalized spacial score (nSPS) is 12.5. The molecule has 5 nitrogen and oxygen atoms in total. The van der Waals surface area contributed by atoms with Crippen molar-refractivity contribution in [3.8, 4) is 17.2 Å². The summed E-state index contributed by atoms with van der Waals surface area (Å²) in [6.45, 7) is 11.2. The molecule has 0 N–H and O–H groups in total. The summed E-state index contributed by atoms with van der Waals surface area (Å²) >= 11 is 0. The van der Waals surface area contributed by atoms with E-state index in [2.05, 4.69) is 4.85 Å². The summed E-state index contributed by atoms with van der Waals surface area (Å²) < 4.78 is 16.8. The third-order valence-corrected chi connectivity index (χ3v) is 3.76. The number of hydrogen-bond donors (Lipinski definition) is 0. The summed E-state index contributed by atoms with van der Waals surface area (Å²) in [6, 6.07) is 10.8. The van der Waals surface area contributed by atoms with Crippen LogP contribution in [0.15, 0.2) is 36.4 Å². The van der Waals surface area contributed by atoms with Crippen molar-refractivity contribution in [1.82, 2.24) is 0 Å². The number of Topliss-reactive ketones (excluding diaryl/α,β-unsaturated/α-hetero) is 1. The van der Waals surface area contributed by atoms with Crippen LogP contribution in [0.1, 0.15) is 12.5 Å². The summed E-state index contributed by atoms with van der Waals surface area (Å²) in [7, 11) is 0. The molecule has 0 saturated heterocycles.